The third-order valence-electron chi connectivity index (χ3n) is 4.15. The Bertz CT molecular complexity index is 1250. The van der Waals surface area contributed by atoms with E-state index >= 15 is 0 Å². The predicted octanol–water partition coefficient (Wildman–Crippen LogP) is 1.65. The van der Waals surface area contributed by atoms with E-state index in [0.29, 0.717) is 17.2 Å². The Morgan fingerprint density at radius 2 is 1.80 bits per heavy atom. The van der Waals surface area contributed by atoms with E-state index in [4.69, 9.17) is 9.47 Å². The van der Waals surface area contributed by atoms with Gasteiger partial charge < -0.3 is 20.1 Å². The number of sulfone groups is 1. The monoisotopic (exact) mass is 453 g/mol. The first-order valence-electron chi connectivity index (χ1n) is 8.53. The van der Waals surface area contributed by atoms with Gasteiger partial charge in [-0.15, -0.1) is 4.40 Å². The molecular weight excluding hydrogens is 434 g/mol. The van der Waals surface area contributed by atoms with Gasteiger partial charge in [0, 0.05) is 11.8 Å². The summed E-state index contributed by atoms with van der Waals surface area (Å²) in [7, 11) is -5.25. The van der Waals surface area contributed by atoms with Crippen molar-refractivity contribution in [3.8, 4) is 11.5 Å². The van der Waals surface area contributed by atoms with Crippen molar-refractivity contribution < 1.29 is 31.1 Å². The highest BCUT2D eigenvalue weighted by molar-refractivity contribution is 7.92. The van der Waals surface area contributed by atoms with Gasteiger partial charge in [-0.3, -0.25) is 4.79 Å². The molecule has 160 valence electrons. The van der Waals surface area contributed by atoms with Gasteiger partial charge in [0.15, 0.2) is 21.3 Å². The number of hydrogen-bond donors (Lipinski definition) is 2. The number of carbonyl (C=O) groups excluding carboxylic acids is 1. The second kappa shape index (κ2) is 7.95. The lowest BCUT2D eigenvalue weighted by molar-refractivity contribution is -0.113. The summed E-state index contributed by atoms with van der Waals surface area (Å²) in [6.45, 7) is 1.48. The normalized spacial score (nSPS) is 14.7. The minimum absolute atomic E-state index is 0.174. The van der Waals surface area contributed by atoms with Gasteiger partial charge in [-0.05, 0) is 37.3 Å². The lowest BCUT2D eigenvalue weighted by Crippen LogP contribution is -2.24. The van der Waals surface area contributed by atoms with E-state index in [0.717, 1.165) is 6.07 Å². The number of amides is 1. The molecule has 1 amide bonds. The average Bonchev–Trinajstić information content (AvgIpc) is 2.66. The van der Waals surface area contributed by atoms with Gasteiger partial charge in [0.1, 0.15) is 16.5 Å². The molecule has 12 heteroatoms. The number of anilines is 2. The van der Waals surface area contributed by atoms with Crippen LogP contribution in [-0.4, -0.2) is 48.6 Å². The van der Waals surface area contributed by atoms with Crippen LogP contribution in [0.25, 0.3) is 0 Å². The van der Waals surface area contributed by atoms with Gasteiger partial charge in [-0.1, -0.05) is 0 Å². The van der Waals surface area contributed by atoms with Crippen molar-refractivity contribution in [2.24, 2.45) is 4.40 Å². The maximum Gasteiger partial charge on any atom is 0.286 e. The molecule has 0 fully saturated rings. The standard InChI is InChI=1S/C18H19N3O7S2/c1-11-19-14-6-5-13(9-17(14)30(25,26)21-11)29(23,24)10-18(22)20-12-4-7-15(27-2)16(8-12)28-3/h4-9H,10H2,1-3H3,(H,19,21)(H,20,22). The predicted molar refractivity (Wildman–Crippen MR) is 111 cm³/mol. The molecule has 30 heavy (non-hydrogen) atoms. The number of carbonyl (C=O) groups is 1. The zero-order valence-electron chi connectivity index (χ0n) is 16.3. The molecule has 0 saturated carbocycles. The molecular formula is C18H19N3O7S2. The number of nitrogens with one attached hydrogen (secondary N) is 2. The molecule has 0 radical (unpaired) electrons. The van der Waals surface area contributed by atoms with Gasteiger partial charge in [0.2, 0.25) is 5.91 Å². The Morgan fingerprint density at radius 3 is 2.47 bits per heavy atom. The molecule has 10 nitrogen and oxygen atoms in total. The highest BCUT2D eigenvalue weighted by atomic mass is 32.2. The molecule has 0 aromatic heterocycles. The second-order valence-electron chi connectivity index (χ2n) is 6.31. The number of hydrogen-bond acceptors (Lipinski definition) is 8. The molecule has 3 rings (SSSR count). The molecule has 1 heterocycles. The molecule has 2 N–H and O–H groups in total. The number of fused-ring (bicyclic) bond motifs is 1. The Morgan fingerprint density at radius 1 is 1.10 bits per heavy atom. The van der Waals surface area contributed by atoms with E-state index < -0.39 is 31.5 Å². The number of benzene rings is 2. The van der Waals surface area contributed by atoms with Crippen LogP contribution in [0.2, 0.25) is 0 Å². The van der Waals surface area contributed by atoms with Gasteiger partial charge in [0.05, 0.1) is 24.8 Å². The van der Waals surface area contributed by atoms with E-state index in [9.17, 15) is 21.6 Å². The van der Waals surface area contributed by atoms with Crippen molar-refractivity contribution in [2.45, 2.75) is 16.7 Å². The van der Waals surface area contributed by atoms with Crippen molar-refractivity contribution in [3.05, 3.63) is 36.4 Å². The molecule has 1 aliphatic rings. The Kier molecular flexibility index (Phi) is 5.72. The molecule has 0 unspecified atom stereocenters. The highest BCUT2D eigenvalue weighted by Crippen LogP contribution is 2.31. The summed E-state index contributed by atoms with van der Waals surface area (Å²) >= 11 is 0. The van der Waals surface area contributed by atoms with E-state index in [1.807, 2.05) is 0 Å². The highest BCUT2D eigenvalue weighted by Gasteiger charge is 2.27. The van der Waals surface area contributed by atoms with E-state index in [1.165, 1.54) is 45.4 Å². The van der Waals surface area contributed by atoms with Crippen LogP contribution in [0, 0.1) is 0 Å². The SMILES string of the molecule is COc1ccc(NC(=O)CS(=O)(=O)c2ccc3c(c2)S(=O)(=O)N=C(C)N3)cc1OC. The molecule has 0 atom stereocenters. The number of ether oxygens (including phenoxy) is 2. The van der Waals surface area contributed by atoms with Gasteiger partial charge >= 0.3 is 0 Å². The minimum atomic E-state index is -4.11. The van der Waals surface area contributed by atoms with E-state index in [1.54, 1.807) is 6.07 Å². The first-order valence-corrected chi connectivity index (χ1v) is 11.6. The summed E-state index contributed by atoms with van der Waals surface area (Å²) in [5, 5.41) is 5.23. The molecule has 1 aliphatic heterocycles. The molecule has 0 bridgehead atoms. The summed E-state index contributed by atoms with van der Waals surface area (Å²) in [6, 6.07) is 8.13. The summed E-state index contributed by atoms with van der Waals surface area (Å²) in [5.41, 5.74) is 0.533. The second-order valence-corrected chi connectivity index (χ2v) is 9.87. The first kappa shape index (κ1) is 21.6. The van der Waals surface area contributed by atoms with E-state index in [-0.39, 0.29) is 21.3 Å². The van der Waals surface area contributed by atoms with Crippen LogP contribution in [0.5, 0.6) is 11.5 Å². The van der Waals surface area contributed by atoms with Crippen LogP contribution in [0.1, 0.15) is 6.92 Å². The van der Waals surface area contributed by atoms with Gasteiger partial charge in [0.25, 0.3) is 10.0 Å². The maximum absolute atomic E-state index is 12.7. The number of methoxy groups -OCH3 is 2. The zero-order chi connectivity index (χ0) is 22.1. The molecule has 0 saturated heterocycles. The van der Waals surface area contributed by atoms with Crippen LogP contribution in [0.3, 0.4) is 0 Å². The number of rotatable bonds is 6. The fourth-order valence-electron chi connectivity index (χ4n) is 2.83. The van der Waals surface area contributed by atoms with Crippen LogP contribution < -0.4 is 20.1 Å². The fraction of sp³-hybridized carbons (Fsp3) is 0.222. The molecule has 0 spiro atoms. The van der Waals surface area contributed by atoms with Crippen LogP contribution in [0.4, 0.5) is 11.4 Å². The van der Waals surface area contributed by atoms with Crippen molar-refractivity contribution >= 4 is 43.0 Å². The van der Waals surface area contributed by atoms with Crippen molar-refractivity contribution in [3.63, 3.8) is 0 Å². The third-order valence-corrected chi connectivity index (χ3v) is 7.17. The largest absolute Gasteiger partial charge is 0.493 e. The summed E-state index contributed by atoms with van der Waals surface area (Å²) in [4.78, 5) is 11.7. The Balaban J connectivity index is 1.82. The van der Waals surface area contributed by atoms with Gasteiger partial charge in [-0.25, -0.2) is 8.42 Å². The van der Waals surface area contributed by atoms with E-state index in [2.05, 4.69) is 15.0 Å². The topological polar surface area (TPSA) is 140 Å². The van der Waals surface area contributed by atoms with Crippen molar-refractivity contribution in [1.29, 1.82) is 0 Å². The Hall–Kier alpha value is -3.12. The summed E-state index contributed by atoms with van der Waals surface area (Å²) in [5.74, 6) is -0.691. The third kappa shape index (κ3) is 4.39. The number of sulfonamides is 1. The van der Waals surface area contributed by atoms with Crippen LogP contribution in [0.15, 0.2) is 50.6 Å². The van der Waals surface area contributed by atoms with Crippen molar-refractivity contribution in [1.82, 2.24) is 0 Å². The minimum Gasteiger partial charge on any atom is -0.493 e. The summed E-state index contributed by atoms with van der Waals surface area (Å²) in [6.07, 6.45) is 0. The van der Waals surface area contributed by atoms with Crippen LogP contribution >= 0.6 is 0 Å². The zero-order valence-corrected chi connectivity index (χ0v) is 17.9. The molecule has 2 aromatic rings. The average molecular weight is 453 g/mol. The lowest BCUT2D eigenvalue weighted by Gasteiger charge is -2.17. The number of nitrogens with zero attached hydrogens (tertiary/aromatic N) is 1. The molecule has 0 aliphatic carbocycles. The maximum atomic E-state index is 12.7. The van der Waals surface area contributed by atoms with Crippen molar-refractivity contribution in [2.75, 3.05) is 30.6 Å². The first-order chi connectivity index (χ1) is 14.1. The Labute approximate surface area is 173 Å². The molecule has 2 aromatic carbocycles. The van der Waals surface area contributed by atoms with Crippen LogP contribution in [-0.2, 0) is 24.7 Å². The fourth-order valence-corrected chi connectivity index (χ4v) is 5.24. The smallest absolute Gasteiger partial charge is 0.286 e. The quantitative estimate of drug-likeness (QED) is 0.673. The number of amidine groups is 1. The summed E-state index contributed by atoms with van der Waals surface area (Å²) < 4.78 is 63.5. The lowest BCUT2D eigenvalue weighted by atomic mass is 10.2. The van der Waals surface area contributed by atoms with Gasteiger partial charge in [-0.2, -0.15) is 8.42 Å².